The van der Waals surface area contributed by atoms with E-state index in [-0.39, 0.29) is 17.6 Å². The van der Waals surface area contributed by atoms with Crippen molar-refractivity contribution in [2.45, 2.75) is 32.0 Å². The van der Waals surface area contributed by atoms with Crippen LogP contribution in [0.15, 0.2) is 66.0 Å². The lowest BCUT2D eigenvalue weighted by Gasteiger charge is -2.27. The van der Waals surface area contributed by atoms with Crippen molar-refractivity contribution < 1.29 is 14.3 Å². The third-order valence-electron chi connectivity index (χ3n) is 6.50. The Morgan fingerprint density at radius 3 is 2.45 bits per heavy atom. The van der Waals surface area contributed by atoms with Crippen LogP contribution in [0.1, 0.15) is 29.4 Å². The molecule has 2 amide bonds. The van der Waals surface area contributed by atoms with Crippen LogP contribution in [0, 0.1) is 6.92 Å². The first-order valence-electron chi connectivity index (χ1n) is 12.4. The van der Waals surface area contributed by atoms with E-state index in [0.29, 0.717) is 30.4 Å². The molecule has 196 valence electrons. The summed E-state index contributed by atoms with van der Waals surface area (Å²) in [5, 5.41) is 16.9. The Hall–Kier alpha value is -4.12. The van der Waals surface area contributed by atoms with Gasteiger partial charge in [-0.1, -0.05) is 30.0 Å². The zero-order chi connectivity index (χ0) is 26.6. The summed E-state index contributed by atoms with van der Waals surface area (Å²) in [5.74, 6) is 1.27. The van der Waals surface area contributed by atoms with E-state index in [1.165, 1.54) is 16.8 Å². The van der Waals surface area contributed by atoms with Gasteiger partial charge in [0.2, 0.25) is 0 Å². The Morgan fingerprint density at radius 1 is 1.00 bits per heavy atom. The minimum Gasteiger partial charge on any atom is -0.497 e. The molecule has 11 heteroatoms. The smallest absolute Gasteiger partial charge is 0.275 e. The number of carbonyl (C=O) groups is 2. The number of ether oxygens (including phenoxy) is 1. The van der Waals surface area contributed by atoms with Crippen molar-refractivity contribution in [1.82, 2.24) is 34.6 Å². The summed E-state index contributed by atoms with van der Waals surface area (Å²) in [6.07, 6.45) is 2.30. The lowest BCUT2D eigenvalue weighted by Crippen LogP contribution is -2.45. The number of para-hydroxylation sites is 1. The monoisotopic (exact) mass is 531 g/mol. The Balaban J connectivity index is 1.28. The quantitative estimate of drug-likeness (QED) is 0.319. The summed E-state index contributed by atoms with van der Waals surface area (Å²) in [7, 11) is 1.63. The van der Waals surface area contributed by atoms with Crippen LogP contribution in [0.2, 0.25) is 0 Å². The maximum absolute atomic E-state index is 13.4. The molecular formula is C27H29N7O3S. The van der Waals surface area contributed by atoms with E-state index in [9.17, 15) is 9.59 Å². The fourth-order valence-corrected chi connectivity index (χ4v) is 5.38. The van der Waals surface area contributed by atoms with Gasteiger partial charge in [0.1, 0.15) is 5.75 Å². The van der Waals surface area contributed by atoms with Crippen molar-refractivity contribution in [3.63, 3.8) is 0 Å². The molecule has 3 heterocycles. The van der Waals surface area contributed by atoms with Crippen LogP contribution in [0.25, 0.3) is 17.1 Å². The molecule has 0 unspecified atom stereocenters. The zero-order valence-corrected chi connectivity index (χ0v) is 22.4. The highest BCUT2D eigenvalue weighted by molar-refractivity contribution is 7.99. The maximum atomic E-state index is 13.4. The van der Waals surface area contributed by atoms with Gasteiger partial charge in [-0.25, -0.2) is 9.69 Å². The summed E-state index contributed by atoms with van der Waals surface area (Å²) >= 11 is 1.32. The standard InChI is InChI=1S/C27H29N7O3S/c1-4-31-25(20-11-13-22(37-3)14-12-20)29-30-27(31)38-18-24(35)32-15-8-16-33(32)26(36)23-17-28-34(19(23)2)21-9-6-5-7-10-21/h5-7,9-14,17H,4,8,15-16,18H2,1-3H3. The van der Waals surface area contributed by atoms with Crippen molar-refractivity contribution in [1.29, 1.82) is 0 Å². The summed E-state index contributed by atoms with van der Waals surface area (Å²) in [6, 6.07) is 17.3. The molecule has 1 aliphatic heterocycles. The van der Waals surface area contributed by atoms with Crippen molar-refractivity contribution in [3.8, 4) is 22.8 Å². The number of hydrogen-bond donors (Lipinski definition) is 0. The number of thioether (sulfide) groups is 1. The van der Waals surface area contributed by atoms with Crippen molar-refractivity contribution in [2.75, 3.05) is 26.0 Å². The maximum Gasteiger partial charge on any atom is 0.275 e. The van der Waals surface area contributed by atoms with Crippen LogP contribution < -0.4 is 4.74 Å². The van der Waals surface area contributed by atoms with Gasteiger partial charge in [-0.05, 0) is 56.7 Å². The highest BCUT2D eigenvalue weighted by Gasteiger charge is 2.33. The molecule has 0 radical (unpaired) electrons. The van der Waals surface area contributed by atoms with Crippen LogP contribution in [-0.2, 0) is 11.3 Å². The van der Waals surface area contributed by atoms with Crippen LogP contribution in [0.4, 0.5) is 0 Å². The summed E-state index contributed by atoms with van der Waals surface area (Å²) < 4.78 is 8.96. The number of benzene rings is 2. The molecule has 0 saturated carbocycles. The van der Waals surface area contributed by atoms with E-state index in [2.05, 4.69) is 15.3 Å². The third-order valence-corrected chi connectivity index (χ3v) is 7.45. The SMILES string of the molecule is CCn1c(SCC(=O)N2CCCN2C(=O)c2cnn(-c3ccccc3)c2C)nnc1-c1ccc(OC)cc1. The predicted molar refractivity (Wildman–Crippen MR) is 144 cm³/mol. The summed E-state index contributed by atoms with van der Waals surface area (Å²) in [5.41, 5.74) is 3.01. The lowest BCUT2D eigenvalue weighted by molar-refractivity contribution is -0.137. The molecule has 1 fully saturated rings. The summed E-state index contributed by atoms with van der Waals surface area (Å²) in [6.45, 7) is 5.51. The Bertz CT molecular complexity index is 1430. The van der Waals surface area contributed by atoms with Crippen LogP contribution in [0.3, 0.4) is 0 Å². The summed E-state index contributed by atoms with van der Waals surface area (Å²) in [4.78, 5) is 26.7. The first-order valence-corrected chi connectivity index (χ1v) is 13.4. The van der Waals surface area contributed by atoms with Crippen molar-refractivity contribution in [2.24, 2.45) is 0 Å². The minimum atomic E-state index is -0.223. The van der Waals surface area contributed by atoms with Gasteiger partial charge in [0.05, 0.1) is 36.0 Å². The second-order valence-corrected chi connectivity index (χ2v) is 9.70. The number of carbonyl (C=O) groups excluding carboxylic acids is 2. The van der Waals surface area contributed by atoms with Crippen molar-refractivity contribution >= 4 is 23.6 Å². The fourth-order valence-electron chi connectivity index (χ4n) is 4.51. The van der Waals surface area contributed by atoms with Crippen LogP contribution in [0.5, 0.6) is 5.75 Å². The highest BCUT2D eigenvalue weighted by atomic mass is 32.2. The molecule has 0 atom stereocenters. The molecule has 1 saturated heterocycles. The van der Waals surface area contributed by atoms with Crippen LogP contribution >= 0.6 is 11.8 Å². The van der Waals surface area contributed by atoms with Gasteiger partial charge < -0.3 is 9.30 Å². The first-order chi connectivity index (χ1) is 18.5. The van der Waals surface area contributed by atoms with Gasteiger partial charge in [-0.2, -0.15) is 5.10 Å². The number of hydrogen-bond acceptors (Lipinski definition) is 7. The van der Waals surface area contributed by atoms with E-state index in [1.54, 1.807) is 23.0 Å². The van der Waals surface area contributed by atoms with Gasteiger partial charge in [-0.3, -0.25) is 14.6 Å². The molecule has 10 nitrogen and oxygen atoms in total. The normalized spacial score (nSPS) is 13.2. The molecule has 0 aliphatic carbocycles. The van der Waals surface area contributed by atoms with Gasteiger partial charge in [0.25, 0.3) is 11.8 Å². The van der Waals surface area contributed by atoms with Gasteiger partial charge in [0, 0.05) is 25.2 Å². The molecule has 2 aromatic carbocycles. The Kier molecular flexibility index (Phi) is 7.45. The second-order valence-electron chi connectivity index (χ2n) is 8.76. The minimum absolute atomic E-state index is 0.146. The molecule has 0 N–H and O–H groups in total. The molecule has 2 aromatic heterocycles. The number of aromatic nitrogens is 5. The molecule has 38 heavy (non-hydrogen) atoms. The molecule has 0 spiro atoms. The number of hydrazine groups is 1. The zero-order valence-electron chi connectivity index (χ0n) is 21.6. The fraction of sp³-hybridized carbons (Fsp3) is 0.296. The Morgan fingerprint density at radius 2 is 1.74 bits per heavy atom. The number of amides is 2. The molecular weight excluding hydrogens is 502 g/mol. The molecule has 0 bridgehead atoms. The largest absolute Gasteiger partial charge is 0.497 e. The molecule has 4 aromatic rings. The van der Waals surface area contributed by atoms with Crippen molar-refractivity contribution in [3.05, 3.63) is 72.1 Å². The van der Waals surface area contributed by atoms with E-state index in [4.69, 9.17) is 4.74 Å². The number of methoxy groups -OCH3 is 1. The van der Waals surface area contributed by atoms with E-state index in [1.807, 2.05) is 73.0 Å². The van der Waals surface area contributed by atoms with Gasteiger partial charge >= 0.3 is 0 Å². The first kappa shape index (κ1) is 25.5. The molecule has 1 aliphatic rings. The average Bonchev–Trinajstić information content (AvgIpc) is 3.70. The van der Waals surface area contributed by atoms with Crippen LogP contribution in [-0.4, -0.2) is 72.3 Å². The van der Waals surface area contributed by atoms with E-state index >= 15 is 0 Å². The number of rotatable bonds is 8. The van der Waals surface area contributed by atoms with E-state index < -0.39 is 0 Å². The van der Waals surface area contributed by atoms with Gasteiger partial charge in [0.15, 0.2) is 11.0 Å². The predicted octanol–water partition coefficient (Wildman–Crippen LogP) is 3.85. The lowest BCUT2D eigenvalue weighted by atomic mass is 10.2. The third kappa shape index (κ3) is 4.89. The van der Waals surface area contributed by atoms with E-state index in [0.717, 1.165) is 34.9 Å². The highest BCUT2D eigenvalue weighted by Crippen LogP contribution is 2.27. The number of nitrogens with zero attached hydrogens (tertiary/aromatic N) is 7. The average molecular weight is 532 g/mol. The van der Waals surface area contributed by atoms with Gasteiger partial charge in [-0.15, -0.1) is 10.2 Å². The Labute approximate surface area is 225 Å². The second kappa shape index (κ2) is 11.1. The molecule has 5 rings (SSSR count). The topological polar surface area (TPSA) is 98.4 Å².